The summed E-state index contributed by atoms with van der Waals surface area (Å²) in [5.41, 5.74) is 1.47. The minimum atomic E-state index is -3.53. The van der Waals surface area contributed by atoms with Gasteiger partial charge in [0.1, 0.15) is 0 Å². The minimum Gasteiger partial charge on any atom is -0.379 e. The number of rotatable bonds is 6. The molecule has 1 N–H and O–H groups in total. The zero-order chi connectivity index (χ0) is 20.9. The topological polar surface area (TPSA) is 75.7 Å². The van der Waals surface area contributed by atoms with Crippen molar-refractivity contribution >= 4 is 45.2 Å². The first kappa shape index (κ1) is 21.8. The molecule has 0 spiro atoms. The first-order valence-corrected chi connectivity index (χ1v) is 11.1. The summed E-state index contributed by atoms with van der Waals surface area (Å²) in [6.07, 6.45) is 3.00. The number of sulfonamides is 1. The highest BCUT2D eigenvalue weighted by Crippen LogP contribution is 2.21. The van der Waals surface area contributed by atoms with Crippen molar-refractivity contribution in [3.63, 3.8) is 0 Å². The van der Waals surface area contributed by atoms with Gasteiger partial charge < -0.3 is 10.1 Å². The van der Waals surface area contributed by atoms with E-state index in [9.17, 15) is 13.2 Å². The predicted octanol–water partition coefficient (Wildman–Crippen LogP) is 3.34. The largest absolute Gasteiger partial charge is 0.379 e. The lowest BCUT2D eigenvalue weighted by atomic mass is 10.2. The van der Waals surface area contributed by atoms with Crippen LogP contribution in [0.4, 0.5) is 0 Å². The Kier molecular flexibility index (Phi) is 7.32. The summed E-state index contributed by atoms with van der Waals surface area (Å²) in [4.78, 5) is 12.2. The maximum atomic E-state index is 12.6. The standard InChI is InChI=1S/C20H20Cl2N2O4S/c21-17-5-4-16(19(22)13-17)14-23-20(25)8-3-15-1-6-18(7-2-15)29(26,27)24-9-11-28-12-10-24/h1-8,13H,9-12,14H2,(H,23,25)/b8-3+. The summed E-state index contributed by atoms with van der Waals surface area (Å²) in [5, 5.41) is 3.76. The van der Waals surface area contributed by atoms with E-state index in [4.69, 9.17) is 27.9 Å². The normalized spacial score (nSPS) is 15.5. The summed E-state index contributed by atoms with van der Waals surface area (Å²) in [6, 6.07) is 11.5. The Bertz CT molecular complexity index is 1000. The van der Waals surface area contributed by atoms with Gasteiger partial charge in [0.05, 0.1) is 18.1 Å². The van der Waals surface area contributed by atoms with Crippen molar-refractivity contribution in [2.24, 2.45) is 0 Å². The first-order chi connectivity index (χ1) is 13.9. The second kappa shape index (κ2) is 9.73. The van der Waals surface area contributed by atoms with E-state index in [0.29, 0.717) is 41.9 Å². The third-order valence-corrected chi connectivity index (χ3v) is 6.88. The van der Waals surface area contributed by atoms with Gasteiger partial charge in [0.15, 0.2) is 0 Å². The zero-order valence-corrected chi connectivity index (χ0v) is 17.8. The molecule has 0 radical (unpaired) electrons. The van der Waals surface area contributed by atoms with Crippen LogP contribution < -0.4 is 5.32 Å². The number of halogens is 2. The molecule has 29 heavy (non-hydrogen) atoms. The summed E-state index contributed by atoms with van der Waals surface area (Å²) in [5.74, 6) is -0.291. The van der Waals surface area contributed by atoms with Crippen molar-refractivity contribution in [2.75, 3.05) is 26.3 Å². The van der Waals surface area contributed by atoms with E-state index in [1.54, 1.807) is 36.4 Å². The molecule has 1 amide bonds. The Morgan fingerprint density at radius 1 is 1.10 bits per heavy atom. The van der Waals surface area contributed by atoms with E-state index in [-0.39, 0.29) is 17.3 Å². The van der Waals surface area contributed by atoms with Gasteiger partial charge in [0, 0.05) is 35.8 Å². The number of nitrogens with zero attached hydrogens (tertiary/aromatic N) is 1. The number of hydrogen-bond acceptors (Lipinski definition) is 4. The van der Waals surface area contributed by atoms with Gasteiger partial charge >= 0.3 is 0 Å². The van der Waals surface area contributed by atoms with Crippen LogP contribution in [0, 0.1) is 0 Å². The van der Waals surface area contributed by atoms with Gasteiger partial charge in [-0.2, -0.15) is 4.31 Å². The van der Waals surface area contributed by atoms with Crippen LogP contribution in [0.15, 0.2) is 53.4 Å². The molecular weight excluding hydrogens is 435 g/mol. The van der Waals surface area contributed by atoms with Crippen molar-refractivity contribution in [3.8, 4) is 0 Å². The van der Waals surface area contributed by atoms with Crippen LogP contribution in [0.1, 0.15) is 11.1 Å². The summed E-state index contributed by atoms with van der Waals surface area (Å²) < 4.78 is 31.8. The van der Waals surface area contributed by atoms with Gasteiger partial charge in [-0.25, -0.2) is 8.42 Å². The van der Waals surface area contributed by atoms with Crippen LogP contribution in [-0.4, -0.2) is 44.9 Å². The van der Waals surface area contributed by atoms with Crippen LogP contribution in [0.5, 0.6) is 0 Å². The van der Waals surface area contributed by atoms with E-state index in [0.717, 1.165) is 5.56 Å². The van der Waals surface area contributed by atoms with Gasteiger partial charge in [-0.05, 0) is 41.5 Å². The minimum absolute atomic E-state index is 0.221. The molecule has 0 aromatic heterocycles. The van der Waals surface area contributed by atoms with Gasteiger partial charge in [0.25, 0.3) is 0 Å². The van der Waals surface area contributed by atoms with Crippen molar-refractivity contribution < 1.29 is 17.9 Å². The monoisotopic (exact) mass is 454 g/mol. The van der Waals surface area contributed by atoms with E-state index in [1.807, 2.05) is 0 Å². The lowest BCUT2D eigenvalue weighted by Crippen LogP contribution is -2.40. The number of carbonyl (C=O) groups is 1. The maximum Gasteiger partial charge on any atom is 0.244 e. The molecule has 9 heteroatoms. The van der Waals surface area contributed by atoms with E-state index >= 15 is 0 Å². The molecule has 1 fully saturated rings. The molecule has 1 heterocycles. The summed E-state index contributed by atoms with van der Waals surface area (Å²) in [7, 11) is -3.53. The van der Waals surface area contributed by atoms with Crippen LogP contribution in [0.2, 0.25) is 10.0 Å². The number of ether oxygens (including phenoxy) is 1. The highest BCUT2D eigenvalue weighted by molar-refractivity contribution is 7.89. The highest BCUT2D eigenvalue weighted by Gasteiger charge is 2.25. The van der Waals surface area contributed by atoms with Gasteiger partial charge in [-0.3, -0.25) is 4.79 Å². The molecule has 1 aliphatic heterocycles. The van der Waals surface area contributed by atoms with Crippen LogP contribution in [0.25, 0.3) is 6.08 Å². The van der Waals surface area contributed by atoms with Crippen LogP contribution >= 0.6 is 23.2 Å². The number of benzene rings is 2. The lowest BCUT2D eigenvalue weighted by Gasteiger charge is -2.26. The Hall–Kier alpha value is -1.90. The second-order valence-corrected chi connectivity index (χ2v) is 9.15. The molecule has 154 valence electrons. The number of hydrogen-bond donors (Lipinski definition) is 1. The Morgan fingerprint density at radius 3 is 2.45 bits per heavy atom. The zero-order valence-electron chi connectivity index (χ0n) is 15.5. The Balaban J connectivity index is 1.58. The van der Waals surface area contributed by atoms with Crippen molar-refractivity contribution in [2.45, 2.75) is 11.4 Å². The Labute approximate surface area is 180 Å². The fourth-order valence-electron chi connectivity index (χ4n) is 2.77. The lowest BCUT2D eigenvalue weighted by molar-refractivity contribution is -0.116. The van der Waals surface area contributed by atoms with Crippen molar-refractivity contribution in [3.05, 3.63) is 69.7 Å². The highest BCUT2D eigenvalue weighted by atomic mass is 35.5. The summed E-state index contributed by atoms with van der Waals surface area (Å²) in [6.45, 7) is 1.77. The van der Waals surface area contributed by atoms with Gasteiger partial charge in [-0.1, -0.05) is 41.4 Å². The third-order valence-electron chi connectivity index (χ3n) is 4.38. The fraction of sp³-hybridized carbons (Fsp3) is 0.250. The average molecular weight is 455 g/mol. The molecular formula is C20H20Cl2N2O4S. The predicted molar refractivity (Wildman–Crippen MR) is 113 cm³/mol. The van der Waals surface area contributed by atoms with E-state index in [1.165, 1.54) is 22.5 Å². The number of amides is 1. The molecule has 0 saturated carbocycles. The van der Waals surface area contributed by atoms with Crippen LogP contribution in [-0.2, 0) is 26.1 Å². The van der Waals surface area contributed by atoms with Crippen LogP contribution in [0.3, 0.4) is 0 Å². The molecule has 0 aliphatic carbocycles. The number of morpholine rings is 1. The molecule has 0 unspecified atom stereocenters. The molecule has 6 nitrogen and oxygen atoms in total. The molecule has 2 aromatic rings. The molecule has 0 atom stereocenters. The molecule has 3 rings (SSSR count). The number of carbonyl (C=O) groups excluding carboxylic acids is 1. The maximum absolute atomic E-state index is 12.6. The molecule has 1 saturated heterocycles. The van der Waals surface area contributed by atoms with Crippen molar-refractivity contribution in [1.29, 1.82) is 0 Å². The van der Waals surface area contributed by atoms with Gasteiger partial charge in [-0.15, -0.1) is 0 Å². The van der Waals surface area contributed by atoms with Gasteiger partial charge in [0.2, 0.25) is 15.9 Å². The molecule has 2 aromatic carbocycles. The third kappa shape index (κ3) is 5.81. The summed E-state index contributed by atoms with van der Waals surface area (Å²) >= 11 is 11.9. The first-order valence-electron chi connectivity index (χ1n) is 8.94. The van der Waals surface area contributed by atoms with E-state index in [2.05, 4.69) is 5.32 Å². The number of nitrogens with one attached hydrogen (secondary N) is 1. The molecule has 1 aliphatic rings. The SMILES string of the molecule is O=C(/C=C/c1ccc(S(=O)(=O)N2CCOCC2)cc1)NCc1ccc(Cl)cc1Cl. The molecule has 0 bridgehead atoms. The van der Waals surface area contributed by atoms with E-state index < -0.39 is 10.0 Å². The fourth-order valence-corrected chi connectivity index (χ4v) is 4.65. The quantitative estimate of drug-likeness (QED) is 0.678. The average Bonchev–Trinajstić information content (AvgIpc) is 2.72. The Morgan fingerprint density at radius 2 is 1.79 bits per heavy atom. The van der Waals surface area contributed by atoms with Crippen molar-refractivity contribution in [1.82, 2.24) is 9.62 Å². The second-order valence-electron chi connectivity index (χ2n) is 6.37. The smallest absolute Gasteiger partial charge is 0.244 e.